The second kappa shape index (κ2) is 4.57. The Morgan fingerprint density at radius 3 is 2.00 bits per heavy atom. The van der Waals surface area contributed by atoms with Crippen molar-refractivity contribution in [3.05, 3.63) is 0 Å². The Kier molecular flexibility index (Phi) is 4.62. The Morgan fingerprint density at radius 1 is 1.31 bits per heavy atom. The third kappa shape index (κ3) is 4.78. The van der Waals surface area contributed by atoms with Gasteiger partial charge in [0.15, 0.2) is 0 Å². The highest BCUT2D eigenvalue weighted by molar-refractivity contribution is 7.74. The molecule has 0 bridgehead atoms. The Balaban J connectivity index is 4.57. The summed E-state index contributed by atoms with van der Waals surface area (Å²) < 4.78 is 10.6. The molecule has 78 valence electrons. The van der Waals surface area contributed by atoms with Crippen LogP contribution in [0.5, 0.6) is 0 Å². The van der Waals surface area contributed by atoms with E-state index < -0.39 is 27.4 Å². The minimum atomic E-state index is -4.79. The minimum Gasteiger partial charge on any atom is -0.321 e. The normalized spacial score (nSPS) is 15.5. The molecule has 0 saturated carbocycles. The van der Waals surface area contributed by atoms with Gasteiger partial charge in [-0.2, -0.15) is 14.7 Å². The number of carbonyl (C=O) groups excluding carboxylic acids is 1. The van der Waals surface area contributed by atoms with Crippen LogP contribution >= 0.6 is 15.5 Å². The van der Waals surface area contributed by atoms with Crippen LogP contribution in [0.25, 0.3) is 0 Å². The van der Waals surface area contributed by atoms with Gasteiger partial charge in [0.25, 0.3) is 0 Å². The molecule has 0 saturated heterocycles. The summed E-state index contributed by atoms with van der Waals surface area (Å²) in [6.45, 7) is 0. The van der Waals surface area contributed by atoms with Crippen LogP contribution in [0.15, 0.2) is 0 Å². The summed E-state index contributed by atoms with van der Waals surface area (Å²) in [5, 5.41) is -1.95. The van der Waals surface area contributed by atoms with Crippen LogP contribution in [-0.2, 0) is 9.36 Å². The molecule has 0 aliphatic rings. The molecule has 0 amide bonds. The summed E-state index contributed by atoms with van der Waals surface area (Å²) in [6.07, 6.45) is -0.331. The molecule has 7 nitrogen and oxygen atoms in total. The average molecular weight is 233 g/mol. The van der Waals surface area contributed by atoms with Crippen molar-refractivity contribution in [2.45, 2.75) is 18.2 Å². The van der Waals surface area contributed by atoms with Crippen LogP contribution in [0.2, 0.25) is 0 Å². The molecule has 13 heavy (non-hydrogen) atoms. The molecule has 0 aromatic carbocycles. The van der Waals surface area contributed by atoms with E-state index in [2.05, 4.69) is 0 Å². The second-order valence-corrected chi connectivity index (χ2v) is 6.49. The van der Waals surface area contributed by atoms with Gasteiger partial charge in [0.2, 0.25) is 5.40 Å². The molecule has 0 aromatic rings. The highest BCUT2D eigenvalue weighted by Crippen LogP contribution is 2.66. The van der Waals surface area contributed by atoms with Crippen molar-refractivity contribution in [1.82, 2.24) is 0 Å². The van der Waals surface area contributed by atoms with Crippen LogP contribution in [-0.4, -0.2) is 36.2 Å². The van der Waals surface area contributed by atoms with Gasteiger partial charge in [-0.05, 0) is 0 Å². The fourth-order valence-corrected chi connectivity index (χ4v) is 3.36. The summed E-state index contributed by atoms with van der Waals surface area (Å²) in [5.41, 5.74) is 0. The van der Waals surface area contributed by atoms with Crippen molar-refractivity contribution in [2.24, 2.45) is 0 Å². The van der Waals surface area contributed by atoms with E-state index in [4.69, 9.17) is 24.5 Å². The first-order valence-electron chi connectivity index (χ1n) is 3.25. The standard InChI is InChI=1S/C4H10O7P2/c5-3-1-2-4(12(6,7)8)13(9,10)11/h3-4,6-8H,1-2H2,(H-,9,10,11)/p+1. The van der Waals surface area contributed by atoms with E-state index in [-0.39, 0.29) is 6.42 Å². The van der Waals surface area contributed by atoms with Crippen LogP contribution in [0.1, 0.15) is 12.8 Å². The lowest BCUT2D eigenvalue weighted by atomic mass is 10.4. The third-order valence-corrected chi connectivity index (χ3v) is 5.26. The van der Waals surface area contributed by atoms with Gasteiger partial charge in [0.1, 0.15) is 6.29 Å². The maximum Gasteiger partial charge on any atom is 0.419 e. The first kappa shape index (κ1) is 13.1. The molecule has 1 atom stereocenters. The van der Waals surface area contributed by atoms with Crippen molar-refractivity contribution < 1.29 is 33.8 Å². The third-order valence-electron chi connectivity index (χ3n) is 1.33. The van der Waals surface area contributed by atoms with Gasteiger partial charge >= 0.3 is 15.5 Å². The predicted octanol–water partition coefficient (Wildman–Crippen LogP) is -0.791. The molecule has 0 aliphatic heterocycles. The van der Waals surface area contributed by atoms with Crippen LogP contribution in [0.4, 0.5) is 0 Å². The maximum atomic E-state index is 10.6. The zero-order valence-corrected chi connectivity index (χ0v) is 8.30. The van der Waals surface area contributed by atoms with E-state index in [0.717, 1.165) is 0 Å². The van der Waals surface area contributed by atoms with Gasteiger partial charge in [-0.3, -0.25) is 4.57 Å². The molecule has 0 heterocycles. The molecule has 9 heteroatoms. The van der Waals surface area contributed by atoms with Crippen LogP contribution in [0, 0.1) is 0 Å². The monoisotopic (exact) mass is 233 g/mol. The Morgan fingerprint density at radius 2 is 1.77 bits per heavy atom. The highest BCUT2D eigenvalue weighted by atomic mass is 31.3. The van der Waals surface area contributed by atoms with E-state index in [9.17, 15) is 9.36 Å². The summed E-state index contributed by atoms with van der Waals surface area (Å²) >= 11 is 0. The van der Waals surface area contributed by atoms with Crippen molar-refractivity contribution in [1.29, 1.82) is 0 Å². The second-order valence-electron chi connectivity index (χ2n) is 2.43. The number of carbonyl (C=O) groups is 1. The SMILES string of the molecule is O=CCCC(P(=O)(O)O)[P+](O)(O)O. The van der Waals surface area contributed by atoms with Crippen molar-refractivity contribution in [2.75, 3.05) is 0 Å². The molecule has 0 radical (unpaired) electrons. The maximum absolute atomic E-state index is 10.6. The number of hydrogen-bond donors (Lipinski definition) is 5. The van der Waals surface area contributed by atoms with Crippen LogP contribution < -0.4 is 0 Å². The summed E-state index contributed by atoms with van der Waals surface area (Å²) in [7, 11) is -9.39. The molecule has 0 spiro atoms. The number of rotatable bonds is 5. The van der Waals surface area contributed by atoms with Gasteiger partial charge in [-0.25, -0.2) is 0 Å². The Hall–Kier alpha value is 0.130. The quantitative estimate of drug-likeness (QED) is 0.310. The lowest BCUT2D eigenvalue weighted by Gasteiger charge is -2.16. The summed E-state index contributed by atoms with van der Waals surface area (Å²) in [5.74, 6) is 0. The topological polar surface area (TPSA) is 135 Å². The molecule has 0 fully saturated rings. The first-order valence-corrected chi connectivity index (χ1v) is 6.65. The zero-order valence-electron chi connectivity index (χ0n) is 6.52. The minimum absolute atomic E-state index is 0.251. The van der Waals surface area contributed by atoms with Gasteiger partial charge in [0, 0.05) is 12.8 Å². The van der Waals surface area contributed by atoms with Crippen LogP contribution in [0.3, 0.4) is 0 Å². The Bertz CT molecular complexity index is 215. The van der Waals surface area contributed by atoms with Crippen molar-refractivity contribution >= 4 is 21.8 Å². The van der Waals surface area contributed by atoms with Crippen molar-refractivity contribution in [3.8, 4) is 0 Å². The average Bonchev–Trinajstić information content (AvgIpc) is 1.81. The molecule has 1 unspecified atom stereocenters. The van der Waals surface area contributed by atoms with Gasteiger partial charge in [-0.1, -0.05) is 0 Å². The van der Waals surface area contributed by atoms with E-state index in [1.165, 1.54) is 0 Å². The summed E-state index contributed by atoms with van der Waals surface area (Å²) in [6, 6.07) is 0. The zero-order chi connectivity index (χ0) is 10.7. The van der Waals surface area contributed by atoms with Gasteiger partial charge in [0.05, 0.1) is 0 Å². The van der Waals surface area contributed by atoms with E-state index in [1.54, 1.807) is 0 Å². The summed E-state index contributed by atoms with van der Waals surface area (Å²) in [4.78, 5) is 53.0. The lowest BCUT2D eigenvalue weighted by molar-refractivity contribution is -0.107. The highest BCUT2D eigenvalue weighted by Gasteiger charge is 2.53. The van der Waals surface area contributed by atoms with Gasteiger partial charge in [-0.15, -0.1) is 0 Å². The molecule has 0 aromatic heterocycles. The molecular weight excluding hydrogens is 222 g/mol. The molecular formula is C4H11O7P2+. The number of aldehydes is 1. The number of hydrogen-bond acceptors (Lipinski definition) is 5. The van der Waals surface area contributed by atoms with E-state index >= 15 is 0 Å². The van der Waals surface area contributed by atoms with E-state index in [0.29, 0.717) is 6.29 Å². The molecule has 0 rings (SSSR count). The molecule has 0 aliphatic carbocycles. The Labute approximate surface area is 74.8 Å². The fourth-order valence-electron chi connectivity index (χ4n) is 0.760. The fraction of sp³-hybridized carbons (Fsp3) is 0.750. The predicted molar refractivity (Wildman–Crippen MR) is 44.7 cm³/mol. The largest absolute Gasteiger partial charge is 0.419 e. The lowest BCUT2D eigenvalue weighted by Crippen LogP contribution is -2.13. The first-order chi connectivity index (χ1) is 5.69. The van der Waals surface area contributed by atoms with Gasteiger partial charge < -0.3 is 14.6 Å². The smallest absolute Gasteiger partial charge is 0.321 e. The molecule has 5 N–H and O–H groups in total. The van der Waals surface area contributed by atoms with E-state index in [1.807, 2.05) is 0 Å². The van der Waals surface area contributed by atoms with Crippen molar-refractivity contribution in [3.63, 3.8) is 0 Å².